The standard InChI is InChI=1S/C13H17FN2O2/c14-11-2-1-3-12(10(11)8-17)16-6-4-9(5-7-16)13(15)18/h1-3,9,17H,4-8H2,(H2,15,18). The number of piperidine rings is 1. The maximum atomic E-state index is 13.5. The third kappa shape index (κ3) is 2.46. The molecule has 1 aliphatic rings. The Morgan fingerprint density at radius 2 is 2.11 bits per heavy atom. The van der Waals surface area contributed by atoms with E-state index in [9.17, 15) is 14.3 Å². The molecule has 3 N–H and O–H groups in total. The van der Waals surface area contributed by atoms with Crippen LogP contribution in [0.2, 0.25) is 0 Å². The fourth-order valence-electron chi connectivity index (χ4n) is 2.40. The second-order valence-electron chi connectivity index (χ2n) is 4.56. The molecule has 0 spiro atoms. The molecule has 0 bridgehead atoms. The quantitative estimate of drug-likeness (QED) is 0.844. The number of rotatable bonds is 3. The molecule has 2 rings (SSSR count). The maximum Gasteiger partial charge on any atom is 0.220 e. The second kappa shape index (κ2) is 5.35. The van der Waals surface area contributed by atoms with E-state index in [1.165, 1.54) is 6.07 Å². The van der Waals surface area contributed by atoms with Crippen LogP contribution in [0.4, 0.5) is 10.1 Å². The number of primary amides is 1. The molecule has 0 aliphatic carbocycles. The van der Waals surface area contributed by atoms with E-state index in [4.69, 9.17) is 5.73 Å². The fraction of sp³-hybridized carbons (Fsp3) is 0.462. The van der Waals surface area contributed by atoms with Gasteiger partial charge in [-0.3, -0.25) is 4.79 Å². The van der Waals surface area contributed by atoms with E-state index < -0.39 is 5.82 Å². The number of amides is 1. The summed E-state index contributed by atoms with van der Waals surface area (Å²) < 4.78 is 13.5. The van der Waals surface area contributed by atoms with Gasteiger partial charge in [0.25, 0.3) is 0 Å². The van der Waals surface area contributed by atoms with E-state index in [2.05, 4.69) is 0 Å². The number of hydrogen-bond donors (Lipinski definition) is 2. The second-order valence-corrected chi connectivity index (χ2v) is 4.56. The zero-order chi connectivity index (χ0) is 13.1. The van der Waals surface area contributed by atoms with Crippen molar-refractivity contribution in [1.82, 2.24) is 0 Å². The van der Waals surface area contributed by atoms with E-state index in [1.807, 2.05) is 4.90 Å². The van der Waals surface area contributed by atoms with Gasteiger partial charge in [-0.1, -0.05) is 6.07 Å². The normalized spacial score (nSPS) is 16.9. The fourth-order valence-corrected chi connectivity index (χ4v) is 2.40. The smallest absolute Gasteiger partial charge is 0.220 e. The SMILES string of the molecule is NC(=O)C1CCN(c2cccc(F)c2CO)CC1. The molecule has 98 valence electrons. The number of carbonyl (C=O) groups is 1. The molecule has 5 heteroatoms. The summed E-state index contributed by atoms with van der Waals surface area (Å²) >= 11 is 0. The Labute approximate surface area is 105 Å². The zero-order valence-electron chi connectivity index (χ0n) is 10.1. The van der Waals surface area contributed by atoms with Crippen LogP contribution in [-0.4, -0.2) is 24.1 Å². The first-order chi connectivity index (χ1) is 8.63. The Morgan fingerprint density at radius 3 is 2.67 bits per heavy atom. The van der Waals surface area contributed by atoms with Gasteiger partial charge in [0.1, 0.15) is 5.82 Å². The molecular formula is C13H17FN2O2. The van der Waals surface area contributed by atoms with Crippen molar-refractivity contribution in [2.75, 3.05) is 18.0 Å². The number of carbonyl (C=O) groups excluding carboxylic acids is 1. The summed E-state index contributed by atoms with van der Waals surface area (Å²) in [5, 5.41) is 9.23. The summed E-state index contributed by atoms with van der Waals surface area (Å²) in [7, 11) is 0. The molecular weight excluding hydrogens is 235 g/mol. The summed E-state index contributed by atoms with van der Waals surface area (Å²) in [5.74, 6) is -0.754. The third-order valence-electron chi connectivity index (χ3n) is 3.49. The topological polar surface area (TPSA) is 66.6 Å². The van der Waals surface area contributed by atoms with Crippen molar-refractivity contribution in [3.8, 4) is 0 Å². The van der Waals surface area contributed by atoms with E-state index in [0.717, 1.165) is 0 Å². The van der Waals surface area contributed by atoms with Gasteiger partial charge in [-0.2, -0.15) is 0 Å². The van der Waals surface area contributed by atoms with Crippen molar-refractivity contribution in [2.45, 2.75) is 19.4 Å². The lowest BCUT2D eigenvalue weighted by Gasteiger charge is -2.33. The monoisotopic (exact) mass is 252 g/mol. The van der Waals surface area contributed by atoms with E-state index in [1.54, 1.807) is 12.1 Å². The number of benzene rings is 1. The Bertz CT molecular complexity index is 443. The van der Waals surface area contributed by atoms with Crippen LogP contribution in [0.3, 0.4) is 0 Å². The molecule has 1 aromatic carbocycles. The van der Waals surface area contributed by atoms with Crippen molar-refractivity contribution < 1.29 is 14.3 Å². The van der Waals surface area contributed by atoms with Gasteiger partial charge in [-0.25, -0.2) is 4.39 Å². The van der Waals surface area contributed by atoms with Crippen LogP contribution in [0.25, 0.3) is 0 Å². The van der Waals surface area contributed by atoms with Gasteiger partial charge in [0.2, 0.25) is 5.91 Å². The van der Waals surface area contributed by atoms with E-state index in [0.29, 0.717) is 37.2 Å². The molecule has 4 nitrogen and oxygen atoms in total. The Kier molecular flexibility index (Phi) is 3.81. The third-order valence-corrected chi connectivity index (χ3v) is 3.49. The Hall–Kier alpha value is -1.62. The van der Waals surface area contributed by atoms with E-state index >= 15 is 0 Å². The lowest BCUT2D eigenvalue weighted by atomic mass is 9.95. The molecule has 1 fully saturated rings. The van der Waals surface area contributed by atoms with Crippen molar-refractivity contribution in [2.24, 2.45) is 11.7 Å². The minimum Gasteiger partial charge on any atom is -0.391 e. The lowest BCUT2D eigenvalue weighted by Crippen LogP contribution is -2.39. The van der Waals surface area contributed by atoms with E-state index in [-0.39, 0.29) is 18.4 Å². The predicted molar refractivity (Wildman–Crippen MR) is 66.5 cm³/mol. The molecule has 0 aromatic heterocycles. The maximum absolute atomic E-state index is 13.5. The lowest BCUT2D eigenvalue weighted by molar-refractivity contribution is -0.122. The van der Waals surface area contributed by atoms with Crippen molar-refractivity contribution in [3.05, 3.63) is 29.6 Å². The van der Waals surface area contributed by atoms with Crippen LogP contribution >= 0.6 is 0 Å². The number of halogens is 1. The minimum atomic E-state index is -0.396. The van der Waals surface area contributed by atoms with Gasteiger partial charge in [-0.05, 0) is 25.0 Å². The summed E-state index contributed by atoms with van der Waals surface area (Å²) in [4.78, 5) is 13.1. The summed E-state index contributed by atoms with van der Waals surface area (Å²) in [6, 6.07) is 4.76. The highest BCUT2D eigenvalue weighted by Crippen LogP contribution is 2.27. The molecule has 0 unspecified atom stereocenters. The van der Waals surface area contributed by atoms with Crippen molar-refractivity contribution in [3.63, 3.8) is 0 Å². The van der Waals surface area contributed by atoms with Gasteiger partial charge in [0.05, 0.1) is 6.61 Å². The van der Waals surface area contributed by atoms with Gasteiger partial charge in [-0.15, -0.1) is 0 Å². The molecule has 0 radical (unpaired) electrons. The number of nitrogens with two attached hydrogens (primary N) is 1. The summed E-state index contributed by atoms with van der Waals surface area (Å²) in [6.07, 6.45) is 1.35. The van der Waals surface area contributed by atoms with Crippen LogP contribution in [0.5, 0.6) is 0 Å². The first-order valence-electron chi connectivity index (χ1n) is 6.06. The molecule has 1 saturated heterocycles. The first kappa shape index (κ1) is 12.8. The number of aliphatic hydroxyl groups excluding tert-OH is 1. The molecule has 0 atom stereocenters. The van der Waals surface area contributed by atoms with Gasteiger partial charge in [0, 0.05) is 30.3 Å². The highest BCUT2D eigenvalue weighted by molar-refractivity contribution is 5.77. The molecule has 18 heavy (non-hydrogen) atoms. The highest BCUT2D eigenvalue weighted by Gasteiger charge is 2.24. The van der Waals surface area contributed by atoms with Gasteiger partial charge >= 0.3 is 0 Å². The summed E-state index contributed by atoms with van der Waals surface area (Å²) in [5.41, 5.74) is 6.30. The van der Waals surface area contributed by atoms with Crippen LogP contribution in [0.1, 0.15) is 18.4 Å². The molecule has 1 heterocycles. The van der Waals surface area contributed by atoms with Crippen LogP contribution in [0.15, 0.2) is 18.2 Å². The number of anilines is 1. The van der Waals surface area contributed by atoms with Crippen LogP contribution in [0, 0.1) is 11.7 Å². The Morgan fingerprint density at radius 1 is 1.44 bits per heavy atom. The summed E-state index contributed by atoms with van der Waals surface area (Å²) in [6.45, 7) is 0.992. The zero-order valence-corrected chi connectivity index (χ0v) is 10.1. The number of nitrogens with zero attached hydrogens (tertiary/aromatic N) is 1. The molecule has 1 amide bonds. The van der Waals surface area contributed by atoms with Crippen molar-refractivity contribution in [1.29, 1.82) is 0 Å². The minimum absolute atomic E-state index is 0.0904. The molecule has 1 aliphatic heterocycles. The number of hydrogen-bond acceptors (Lipinski definition) is 3. The average molecular weight is 252 g/mol. The Balaban J connectivity index is 2.14. The average Bonchev–Trinajstić information content (AvgIpc) is 2.38. The molecule has 0 saturated carbocycles. The van der Waals surface area contributed by atoms with Crippen molar-refractivity contribution >= 4 is 11.6 Å². The largest absolute Gasteiger partial charge is 0.391 e. The van der Waals surface area contributed by atoms with Crippen LogP contribution < -0.4 is 10.6 Å². The predicted octanol–water partition coefficient (Wildman–Crippen LogP) is 1.02. The highest BCUT2D eigenvalue weighted by atomic mass is 19.1. The molecule has 1 aromatic rings. The first-order valence-corrected chi connectivity index (χ1v) is 6.06. The van der Waals surface area contributed by atoms with Crippen LogP contribution in [-0.2, 0) is 11.4 Å². The number of aliphatic hydroxyl groups is 1. The van der Waals surface area contributed by atoms with Gasteiger partial charge in [0.15, 0.2) is 0 Å². The van der Waals surface area contributed by atoms with Gasteiger partial charge < -0.3 is 15.7 Å².